The van der Waals surface area contributed by atoms with Gasteiger partial charge in [0.25, 0.3) is 5.91 Å². The third-order valence-electron chi connectivity index (χ3n) is 6.02. The zero-order valence-corrected chi connectivity index (χ0v) is 18.8. The van der Waals surface area contributed by atoms with Crippen molar-refractivity contribution in [3.63, 3.8) is 0 Å². The number of hydrazone groups is 1. The van der Waals surface area contributed by atoms with Crippen molar-refractivity contribution in [2.24, 2.45) is 11.0 Å². The average molecular weight is 462 g/mol. The molecule has 0 radical (unpaired) electrons. The molecule has 1 saturated carbocycles. The van der Waals surface area contributed by atoms with E-state index in [1.165, 1.54) is 5.57 Å². The minimum Gasteiger partial charge on any atom is -0.265 e. The Balaban J connectivity index is 1.57. The van der Waals surface area contributed by atoms with Gasteiger partial charge in [0.1, 0.15) is 5.69 Å². The van der Waals surface area contributed by atoms with Gasteiger partial charge in [-0.1, -0.05) is 53.5 Å². The summed E-state index contributed by atoms with van der Waals surface area (Å²) in [6, 6.07) is 20.6. The van der Waals surface area contributed by atoms with Crippen LogP contribution in [-0.4, -0.2) is 21.6 Å². The smallest absolute Gasteiger partial charge is 0.265 e. The van der Waals surface area contributed by atoms with Crippen molar-refractivity contribution in [2.75, 3.05) is 0 Å². The van der Waals surface area contributed by atoms with E-state index in [2.05, 4.69) is 11.1 Å². The highest BCUT2D eigenvalue weighted by Gasteiger charge is 2.44. The Morgan fingerprint density at radius 2 is 1.69 bits per heavy atom. The zero-order chi connectivity index (χ0) is 22.1. The Morgan fingerprint density at radius 1 is 0.969 bits per heavy atom. The second-order valence-corrected chi connectivity index (χ2v) is 8.94. The number of halogens is 2. The number of carbonyl (C=O) groups excluding carboxylic acids is 1. The van der Waals surface area contributed by atoms with Crippen molar-refractivity contribution >= 4 is 40.9 Å². The first kappa shape index (κ1) is 20.9. The van der Waals surface area contributed by atoms with E-state index >= 15 is 0 Å². The lowest BCUT2D eigenvalue weighted by Crippen LogP contribution is -2.32. The molecule has 2 unspecified atom stereocenters. The molecule has 6 heteroatoms. The molecule has 1 fully saturated rings. The van der Waals surface area contributed by atoms with Crippen molar-refractivity contribution in [3.8, 4) is 0 Å². The van der Waals surface area contributed by atoms with E-state index in [0.29, 0.717) is 15.7 Å². The molecular weight excluding hydrogens is 441 g/mol. The maximum absolute atomic E-state index is 13.4. The van der Waals surface area contributed by atoms with E-state index in [9.17, 15) is 4.79 Å². The maximum atomic E-state index is 13.4. The number of carbonyl (C=O) groups is 1. The number of rotatable bonds is 3. The van der Waals surface area contributed by atoms with E-state index in [1.54, 1.807) is 23.3 Å². The molecule has 32 heavy (non-hydrogen) atoms. The van der Waals surface area contributed by atoms with Crippen molar-refractivity contribution in [1.82, 2.24) is 9.99 Å². The van der Waals surface area contributed by atoms with Crippen molar-refractivity contribution in [2.45, 2.75) is 25.3 Å². The normalized spacial score (nSPS) is 21.4. The average Bonchev–Trinajstić information content (AvgIpc) is 3.22. The highest BCUT2D eigenvalue weighted by atomic mass is 35.5. The molecule has 1 aliphatic heterocycles. The summed E-state index contributed by atoms with van der Waals surface area (Å²) >= 11 is 12.2. The molecule has 3 aromatic rings. The van der Waals surface area contributed by atoms with Crippen LogP contribution in [0.2, 0.25) is 10.0 Å². The summed E-state index contributed by atoms with van der Waals surface area (Å²) in [5, 5.41) is 7.89. The monoisotopic (exact) mass is 461 g/mol. The fourth-order valence-corrected chi connectivity index (χ4v) is 4.78. The van der Waals surface area contributed by atoms with Crippen LogP contribution in [0.25, 0.3) is 6.08 Å². The van der Waals surface area contributed by atoms with Crippen LogP contribution in [0.3, 0.4) is 0 Å². The fraction of sp³-hybridized carbons (Fsp3) is 0.192. The molecule has 2 aliphatic rings. The van der Waals surface area contributed by atoms with Gasteiger partial charge in [-0.2, -0.15) is 5.10 Å². The second-order valence-electron chi connectivity index (χ2n) is 8.07. The van der Waals surface area contributed by atoms with E-state index in [1.807, 2.05) is 54.6 Å². The molecule has 1 aliphatic carbocycles. The van der Waals surface area contributed by atoms with Gasteiger partial charge in [-0.3, -0.25) is 9.78 Å². The lowest BCUT2D eigenvalue weighted by molar-refractivity contribution is 0.0675. The predicted molar refractivity (Wildman–Crippen MR) is 129 cm³/mol. The van der Waals surface area contributed by atoms with Gasteiger partial charge in [0.15, 0.2) is 0 Å². The Hall–Kier alpha value is -2.95. The molecular formula is C26H21Cl2N3O. The van der Waals surface area contributed by atoms with Crippen LogP contribution in [0, 0.1) is 5.92 Å². The minimum absolute atomic E-state index is 0.121. The first-order valence-corrected chi connectivity index (χ1v) is 11.4. The van der Waals surface area contributed by atoms with Crippen LogP contribution in [0.5, 0.6) is 0 Å². The summed E-state index contributed by atoms with van der Waals surface area (Å²) in [7, 11) is 0. The van der Waals surface area contributed by atoms with Crippen LogP contribution in [0.15, 0.2) is 83.6 Å². The van der Waals surface area contributed by atoms with Crippen molar-refractivity contribution < 1.29 is 4.79 Å². The van der Waals surface area contributed by atoms with E-state index in [4.69, 9.17) is 28.3 Å². The number of allylic oxidation sites excluding steroid dienone is 1. The summed E-state index contributed by atoms with van der Waals surface area (Å²) in [5.74, 6) is -0.0746. The van der Waals surface area contributed by atoms with Gasteiger partial charge in [0, 0.05) is 22.2 Å². The Bertz CT molecular complexity index is 1190. The topological polar surface area (TPSA) is 45.6 Å². The summed E-state index contributed by atoms with van der Waals surface area (Å²) < 4.78 is 0. The molecule has 5 rings (SSSR count). The molecule has 0 saturated heterocycles. The first-order valence-electron chi connectivity index (χ1n) is 10.7. The number of hydrogen-bond acceptors (Lipinski definition) is 3. The van der Waals surface area contributed by atoms with Crippen LogP contribution >= 0.6 is 23.2 Å². The van der Waals surface area contributed by atoms with Crippen molar-refractivity contribution in [3.05, 3.63) is 105 Å². The fourth-order valence-electron chi connectivity index (χ4n) is 4.53. The molecule has 2 aromatic carbocycles. The Kier molecular flexibility index (Phi) is 5.81. The van der Waals surface area contributed by atoms with Gasteiger partial charge in [0.2, 0.25) is 0 Å². The SMILES string of the molecule is O=C(c1ccccn1)N1N=C2/C(=C/c3ccc(Cl)cc3)CCCC2C1c1ccc(Cl)cc1. The third-order valence-corrected chi connectivity index (χ3v) is 6.52. The number of amides is 1. The molecule has 1 amide bonds. The molecule has 1 aromatic heterocycles. The Morgan fingerprint density at radius 3 is 2.38 bits per heavy atom. The summed E-state index contributed by atoms with van der Waals surface area (Å²) in [6.07, 6.45) is 6.73. The number of fused-ring (bicyclic) bond motifs is 1. The summed E-state index contributed by atoms with van der Waals surface area (Å²) in [5.41, 5.74) is 4.63. The number of pyridine rings is 1. The minimum atomic E-state index is -0.196. The Labute approximate surface area is 197 Å². The van der Waals surface area contributed by atoms with Crippen LogP contribution < -0.4 is 0 Å². The van der Waals surface area contributed by atoms with E-state index in [-0.39, 0.29) is 17.9 Å². The van der Waals surface area contributed by atoms with Gasteiger partial charge < -0.3 is 0 Å². The zero-order valence-electron chi connectivity index (χ0n) is 17.3. The largest absolute Gasteiger partial charge is 0.293 e. The molecule has 0 spiro atoms. The highest BCUT2D eigenvalue weighted by molar-refractivity contribution is 6.30. The van der Waals surface area contributed by atoms with Gasteiger partial charge in [-0.05, 0) is 78.4 Å². The third kappa shape index (κ3) is 4.08. The molecule has 4 nitrogen and oxygen atoms in total. The molecule has 0 N–H and O–H groups in total. The van der Waals surface area contributed by atoms with Gasteiger partial charge in [0.05, 0.1) is 11.8 Å². The molecule has 160 valence electrons. The number of nitrogens with zero attached hydrogens (tertiary/aromatic N) is 3. The lowest BCUT2D eigenvalue weighted by Gasteiger charge is -2.29. The standard InChI is InChI=1S/C26H21Cl2N3O/c27-20-11-7-17(8-12-20)16-19-4-3-5-22-24(19)30-31(26(32)23-6-1-2-15-29-23)25(22)18-9-13-21(28)14-10-18/h1-2,6-16,22,25H,3-5H2/b19-16+. The second kappa shape index (κ2) is 8.89. The van der Waals surface area contributed by atoms with Crippen LogP contribution in [0.1, 0.15) is 46.9 Å². The van der Waals surface area contributed by atoms with Gasteiger partial charge in [-0.15, -0.1) is 0 Å². The van der Waals surface area contributed by atoms with Crippen LogP contribution in [0.4, 0.5) is 0 Å². The highest BCUT2D eigenvalue weighted by Crippen LogP contribution is 2.45. The lowest BCUT2D eigenvalue weighted by atomic mass is 9.77. The number of aromatic nitrogens is 1. The summed E-state index contributed by atoms with van der Waals surface area (Å²) in [4.78, 5) is 17.7. The van der Waals surface area contributed by atoms with Gasteiger partial charge in [-0.25, -0.2) is 5.01 Å². The quantitative estimate of drug-likeness (QED) is 0.429. The summed E-state index contributed by atoms with van der Waals surface area (Å²) in [6.45, 7) is 0. The molecule has 2 atom stereocenters. The number of hydrogen-bond donors (Lipinski definition) is 0. The molecule has 2 heterocycles. The van der Waals surface area contributed by atoms with E-state index in [0.717, 1.165) is 36.1 Å². The molecule has 0 bridgehead atoms. The van der Waals surface area contributed by atoms with Crippen LogP contribution in [-0.2, 0) is 0 Å². The predicted octanol–water partition coefficient (Wildman–Crippen LogP) is 6.83. The van der Waals surface area contributed by atoms with Crippen molar-refractivity contribution in [1.29, 1.82) is 0 Å². The van der Waals surface area contributed by atoms with Gasteiger partial charge >= 0.3 is 0 Å². The maximum Gasteiger partial charge on any atom is 0.293 e. The first-order chi connectivity index (χ1) is 15.6. The number of benzene rings is 2. The van der Waals surface area contributed by atoms with E-state index < -0.39 is 0 Å².